The molecule has 2 atom stereocenters. The van der Waals surface area contributed by atoms with E-state index in [1.807, 2.05) is 0 Å². The van der Waals surface area contributed by atoms with Crippen LogP contribution in [-0.4, -0.2) is 42.4 Å². The zero-order valence-electron chi connectivity index (χ0n) is 9.45. The highest BCUT2D eigenvalue weighted by molar-refractivity contribution is 5.84. The summed E-state index contributed by atoms with van der Waals surface area (Å²) in [7, 11) is 0. The third kappa shape index (κ3) is 2.35. The number of likely N-dealkylation sites (tertiary alicyclic amines) is 1. The van der Waals surface area contributed by atoms with Gasteiger partial charge in [0.05, 0.1) is 12.0 Å². The highest BCUT2D eigenvalue weighted by atomic mass is 16.2. The van der Waals surface area contributed by atoms with Gasteiger partial charge in [0.2, 0.25) is 11.8 Å². The lowest BCUT2D eigenvalue weighted by Gasteiger charge is -2.27. The van der Waals surface area contributed by atoms with Crippen molar-refractivity contribution < 1.29 is 9.59 Å². The highest BCUT2D eigenvalue weighted by Crippen LogP contribution is 2.18. The predicted molar refractivity (Wildman–Crippen MR) is 59.5 cm³/mol. The van der Waals surface area contributed by atoms with Gasteiger partial charge in [-0.2, -0.15) is 0 Å². The number of rotatable bonds is 2. The molecular formula is C11H19N3O2. The molecule has 2 saturated heterocycles. The third-order valence-electron chi connectivity index (χ3n) is 3.51. The van der Waals surface area contributed by atoms with Crippen molar-refractivity contribution in [3.8, 4) is 0 Å². The number of hydrogen-bond donors (Lipinski definition) is 2. The van der Waals surface area contributed by atoms with Gasteiger partial charge in [0.1, 0.15) is 0 Å². The van der Waals surface area contributed by atoms with Crippen molar-refractivity contribution in [1.82, 2.24) is 10.2 Å². The van der Waals surface area contributed by atoms with Gasteiger partial charge in [0.15, 0.2) is 0 Å². The average Bonchev–Trinajstić information content (AvgIpc) is 2.78. The molecule has 0 bridgehead atoms. The van der Waals surface area contributed by atoms with Crippen molar-refractivity contribution in [1.29, 1.82) is 0 Å². The molecule has 2 rings (SSSR count). The summed E-state index contributed by atoms with van der Waals surface area (Å²) in [6, 6.07) is -0.0413. The van der Waals surface area contributed by atoms with Gasteiger partial charge >= 0.3 is 0 Å². The summed E-state index contributed by atoms with van der Waals surface area (Å²) in [6.45, 7) is 2.10. The lowest BCUT2D eigenvalue weighted by molar-refractivity contribution is -0.133. The molecule has 0 radical (unpaired) electrons. The van der Waals surface area contributed by atoms with Gasteiger partial charge in [-0.3, -0.25) is 9.59 Å². The summed E-state index contributed by atoms with van der Waals surface area (Å²) in [6.07, 6.45) is 3.88. The van der Waals surface area contributed by atoms with Crippen LogP contribution in [0.5, 0.6) is 0 Å². The highest BCUT2D eigenvalue weighted by Gasteiger charge is 2.33. The summed E-state index contributed by atoms with van der Waals surface area (Å²) in [5.74, 6) is -0.289. The molecule has 16 heavy (non-hydrogen) atoms. The van der Waals surface area contributed by atoms with Gasteiger partial charge < -0.3 is 16.0 Å². The molecule has 2 aliphatic heterocycles. The zero-order valence-corrected chi connectivity index (χ0v) is 9.45. The summed E-state index contributed by atoms with van der Waals surface area (Å²) >= 11 is 0. The van der Waals surface area contributed by atoms with E-state index >= 15 is 0 Å². The van der Waals surface area contributed by atoms with Crippen LogP contribution in [0.25, 0.3) is 0 Å². The Morgan fingerprint density at radius 2 is 2.06 bits per heavy atom. The summed E-state index contributed by atoms with van der Waals surface area (Å²) in [4.78, 5) is 24.9. The Morgan fingerprint density at radius 1 is 1.25 bits per heavy atom. The van der Waals surface area contributed by atoms with E-state index in [-0.39, 0.29) is 23.8 Å². The number of nitrogens with one attached hydrogen (secondary N) is 1. The zero-order chi connectivity index (χ0) is 11.5. The Balaban J connectivity index is 1.88. The first kappa shape index (κ1) is 11.4. The molecule has 5 heteroatoms. The molecule has 5 nitrogen and oxygen atoms in total. The predicted octanol–water partition coefficient (Wildman–Crippen LogP) is -0.538. The first-order chi connectivity index (χ1) is 7.68. The lowest BCUT2D eigenvalue weighted by Crippen LogP contribution is -2.48. The van der Waals surface area contributed by atoms with Crippen molar-refractivity contribution in [2.45, 2.75) is 31.7 Å². The van der Waals surface area contributed by atoms with Crippen molar-refractivity contribution in [3.63, 3.8) is 0 Å². The van der Waals surface area contributed by atoms with Crippen molar-refractivity contribution in [2.75, 3.05) is 19.6 Å². The van der Waals surface area contributed by atoms with Crippen LogP contribution in [0, 0.1) is 5.92 Å². The minimum absolute atomic E-state index is 0.0413. The molecular weight excluding hydrogens is 206 g/mol. The molecule has 0 saturated carbocycles. The minimum Gasteiger partial charge on any atom is -0.369 e. The topological polar surface area (TPSA) is 75.4 Å². The summed E-state index contributed by atoms with van der Waals surface area (Å²) in [5, 5.41) is 3.23. The quantitative estimate of drug-likeness (QED) is 0.663. The van der Waals surface area contributed by atoms with Gasteiger partial charge in [-0.1, -0.05) is 6.42 Å². The molecule has 90 valence electrons. The number of nitrogens with zero attached hydrogens (tertiary/aromatic N) is 1. The molecule has 3 N–H and O–H groups in total. The second-order valence-corrected chi connectivity index (χ2v) is 4.67. The fourth-order valence-electron chi connectivity index (χ4n) is 2.48. The molecule has 0 aromatic heterocycles. The van der Waals surface area contributed by atoms with Crippen molar-refractivity contribution >= 4 is 11.8 Å². The largest absolute Gasteiger partial charge is 0.369 e. The Kier molecular flexibility index (Phi) is 3.43. The maximum Gasteiger partial charge on any atom is 0.239 e. The summed E-state index contributed by atoms with van der Waals surface area (Å²) < 4.78 is 0. The number of carbonyl (C=O) groups excluding carboxylic acids is 2. The van der Waals surface area contributed by atoms with Crippen LogP contribution >= 0.6 is 0 Å². The second kappa shape index (κ2) is 4.82. The van der Waals surface area contributed by atoms with Gasteiger partial charge in [-0.15, -0.1) is 0 Å². The van der Waals surface area contributed by atoms with Crippen LogP contribution in [0.2, 0.25) is 0 Å². The number of piperidine rings is 1. The Hall–Kier alpha value is -1.10. The van der Waals surface area contributed by atoms with Crippen molar-refractivity contribution in [2.24, 2.45) is 11.7 Å². The normalized spacial score (nSPS) is 30.4. The van der Waals surface area contributed by atoms with E-state index in [1.165, 1.54) is 0 Å². The number of primary amides is 1. The van der Waals surface area contributed by atoms with Crippen molar-refractivity contribution in [3.05, 3.63) is 0 Å². The van der Waals surface area contributed by atoms with Gasteiger partial charge in [0, 0.05) is 13.1 Å². The van der Waals surface area contributed by atoms with E-state index in [1.54, 1.807) is 4.90 Å². The van der Waals surface area contributed by atoms with E-state index in [0.717, 1.165) is 25.8 Å². The number of amides is 2. The average molecular weight is 225 g/mol. The Labute approximate surface area is 95.3 Å². The molecule has 2 heterocycles. The first-order valence-corrected chi connectivity index (χ1v) is 6.00. The number of nitrogens with two attached hydrogens (primary N) is 1. The maximum atomic E-state index is 12.1. The number of hydrogen-bond acceptors (Lipinski definition) is 3. The standard InChI is InChI=1S/C11H19N3O2/c12-10(15)8-4-6-14(7-8)11(16)9-3-1-2-5-13-9/h8-9,13H,1-7H2,(H2,12,15)/t8?,9-/m0/s1. The van der Waals surface area contributed by atoms with E-state index in [0.29, 0.717) is 19.5 Å². The Bertz CT molecular complexity index is 287. The van der Waals surface area contributed by atoms with Gasteiger partial charge in [-0.25, -0.2) is 0 Å². The Morgan fingerprint density at radius 3 is 2.62 bits per heavy atom. The second-order valence-electron chi connectivity index (χ2n) is 4.67. The fraction of sp³-hybridized carbons (Fsp3) is 0.818. The maximum absolute atomic E-state index is 12.1. The van der Waals surface area contributed by atoms with E-state index in [9.17, 15) is 9.59 Å². The smallest absolute Gasteiger partial charge is 0.239 e. The molecule has 0 spiro atoms. The monoisotopic (exact) mass is 225 g/mol. The van der Waals surface area contributed by atoms with Crippen LogP contribution in [0.15, 0.2) is 0 Å². The van der Waals surface area contributed by atoms with Gasteiger partial charge in [0.25, 0.3) is 0 Å². The molecule has 0 aromatic carbocycles. The molecule has 0 aromatic rings. The minimum atomic E-state index is -0.285. The molecule has 1 unspecified atom stereocenters. The molecule has 2 aliphatic rings. The van der Waals surface area contributed by atoms with Crippen LogP contribution in [-0.2, 0) is 9.59 Å². The van der Waals surface area contributed by atoms with E-state index in [4.69, 9.17) is 5.73 Å². The van der Waals surface area contributed by atoms with E-state index in [2.05, 4.69) is 5.32 Å². The van der Waals surface area contributed by atoms with Crippen LogP contribution in [0.1, 0.15) is 25.7 Å². The fourth-order valence-corrected chi connectivity index (χ4v) is 2.48. The summed E-state index contributed by atoms with van der Waals surface area (Å²) in [5.41, 5.74) is 5.25. The third-order valence-corrected chi connectivity index (χ3v) is 3.51. The number of carbonyl (C=O) groups is 2. The van der Waals surface area contributed by atoms with Crippen LogP contribution < -0.4 is 11.1 Å². The lowest BCUT2D eigenvalue weighted by atomic mass is 10.0. The van der Waals surface area contributed by atoms with E-state index < -0.39 is 0 Å². The van der Waals surface area contributed by atoms with Crippen LogP contribution in [0.3, 0.4) is 0 Å². The molecule has 2 amide bonds. The SMILES string of the molecule is NC(=O)C1CCN(C(=O)[C@@H]2CCCCN2)C1. The molecule has 0 aliphatic carbocycles. The van der Waals surface area contributed by atoms with Gasteiger partial charge in [-0.05, 0) is 25.8 Å². The molecule has 2 fully saturated rings. The first-order valence-electron chi connectivity index (χ1n) is 6.00. The van der Waals surface area contributed by atoms with Crippen LogP contribution in [0.4, 0.5) is 0 Å².